The van der Waals surface area contributed by atoms with Crippen molar-refractivity contribution in [1.82, 2.24) is 25.8 Å². The Kier molecular flexibility index (Phi) is 6.59. The van der Waals surface area contributed by atoms with Crippen LogP contribution in [0, 0.1) is 5.92 Å². The number of carbonyl (C=O) groups is 3. The summed E-state index contributed by atoms with van der Waals surface area (Å²) >= 11 is 1.49. The van der Waals surface area contributed by atoms with Crippen LogP contribution in [0.2, 0.25) is 0 Å². The minimum atomic E-state index is -0.212. The quantitative estimate of drug-likeness (QED) is 0.540. The number of rotatable bonds is 5. The van der Waals surface area contributed by atoms with Gasteiger partial charge in [-0.2, -0.15) is 0 Å². The molecule has 3 N–H and O–H groups in total. The fourth-order valence-electron chi connectivity index (χ4n) is 5.50. The predicted octanol–water partition coefficient (Wildman–Crippen LogP) is 2.29. The van der Waals surface area contributed by atoms with Gasteiger partial charge in [0.25, 0.3) is 5.91 Å². The van der Waals surface area contributed by atoms with Gasteiger partial charge in [0.1, 0.15) is 0 Å². The van der Waals surface area contributed by atoms with Crippen LogP contribution in [0.3, 0.4) is 0 Å². The van der Waals surface area contributed by atoms with Crippen molar-refractivity contribution in [1.29, 1.82) is 0 Å². The first-order valence-corrected chi connectivity index (χ1v) is 13.2. The number of carbonyl (C=O) groups excluding carboxylic acids is 3. The van der Waals surface area contributed by atoms with Gasteiger partial charge in [-0.25, -0.2) is 4.79 Å². The van der Waals surface area contributed by atoms with Crippen molar-refractivity contribution in [3.8, 4) is 0 Å². The summed E-state index contributed by atoms with van der Waals surface area (Å²) in [7, 11) is 0. The monoisotopic (exact) mass is 496 g/mol. The van der Waals surface area contributed by atoms with Crippen LogP contribution in [0.15, 0.2) is 41.6 Å². The normalized spacial score (nSPS) is 28.0. The third-order valence-corrected chi connectivity index (χ3v) is 8.58. The maximum absolute atomic E-state index is 13.4. The summed E-state index contributed by atoms with van der Waals surface area (Å²) in [6.07, 6.45) is 5.51. The summed E-state index contributed by atoms with van der Waals surface area (Å²) in [6, 6.07) is 3.50. The zero-order chi connectivity index (χ0) is 24.7. The SMILES string of the molecule is C=CC(=O)N1CCC[C@@H](NC(=O)C2=C3NC(=O)N(c4ccnc(C(C)C)c4)C4CCNC(S2)C34)C1. The van der Waals surface area contributed by atoms with Gasteiger partial charge in [-0.15, -0.1) is 0 Å². The molecule has 3 saturated heterocycles. The Balaban J connectivity index is 1.38. The number of amides is 4. The number of thioether (sulfide) groups is 1. The molecule has 186 valence electrons. The van der Waals surface area contributed by atoms with Crippen LogP contribution in [0.4, 0.5) is 10.5 Å². The first-order valence-electron chi connectivity index (χ1n) is 12.3. The molecule has 35 heavy (non-hydrogen) atoms. The molecule has 0 aliphatic carbocycles. The number of pyridine rings is 1. The number of urea groups is 1. The Bertz CT molecular complexity index is 1090. The molecule has 3 fully saturated rings. The van der Waals surface area contributed by atoms with Crippen molar-refractivity contribution in [2.75, 3.05) is 24.5 Å². The van der Waals surface area contributed by atoms with Crippen molar-refractivity contribution < 1.29 is 14.4 Å². The molecule has 0 bridgehead atoms. The Morgan fingerprint density at radius 2 is 2.17 bits per heavy atom. The zero-order valence-electron chi connectivity index (χ0n) is 20.1. The number of nitrogens with one attached hydrogen (secondary N) is 3. The van der Waals surface area contributed by atoms with E-state index in [2.05, 4.69) is 41.4 Å². The molecule has 4 aliphatic heterocycles. The first kappa shape index (κ1) is 23.9. The fourth-order valence-corrected chi connectivity index (χ4v) is 6.90. The number of nitrogens with zero attached hydrogens (tertiary/aromatic N) is 3. The number of piperidine rings is 2. The van der Waals surface area contributed by atoms with E-state index in [-0.39, 0.29) is 47.1 Å². The zero-order valence-corrected chi connectivity index (χ0v) is 20.9. The highest BCUT2D eigenvalue weighted by atomic mass is 32.2. The lowest BCUT2D eigenvalue weighted by atomic mass is 9.86. The van der Waals surface area contributed by atoms with Crippen molar-refractivity contribution >= 4 is 35.3 Å². The topological polar surface area (TPSA) is 107 Å². The summed E-state index contributed by atoms with van der Waals surface area (Å²) in [5, 5.41) is 9.72. The minimum absolute atomic E-state index is 0.00642. The summed E-state index contributed by atoms with van der Waals surface area (Å²) in [4.78, 5) is 47.3. The Morgan fingerprint density at radius 3 is 2.94 bits per heavy atom. The molecule has 4 aliphatic rings. The van der Waals surface area contributed by atoms with Gasteiger partial charge >= 0.3 is 6.03 Å². The van der Waals surface area contributed by atoms with Gasteiger partial charge in [-0.3, -0.25) is 19.5 Å². The molecule has 4 atom stereocenters. The Hall–Kier alpha value is -2.85. The molecule has 0 saturated carbocycles. The lowest BCUT2D eigenvalue weighted by molar-refractivity contribution is -0.128. The van der Waals surface area contributed by atoms with Crippen LogP contribution in [-0.4, -0.2) is 64.8 Å². The maximum atomic E-state index is 13.4. The van der Waals surface area contributed by atoms with E-state index in [9.17, 15) is 14.4 Å². The van der Waals surface area contributed by atoms with Crippen LogP contribution >= 0.6 is 11.8 Å². The molecule has 0 spiro atoms. The fraction of sp³-hybridized carbons (Fsp3) is 0.520. The van der Waals surface area contributed by atoms with E-state index < -0.39 is 0 Å². The number of hydrogen-bond donors (Lipinski definition) is 3. The van der Waals surface area contributed by atoms with Crippen LogP contribution in [0.1, 0.15) is 44.7 Å². The molecule has 0 radical (unpaired) electrons. The highest BCUT2D eigenvalue weighted by molar-refractivity contribution is 8.04. The highest BCUT2D eigenvalue weighted by Gasteiger charge is 2.51. The van der Waals surface area contributed by atoms with Gasteiger partial charge in [0.15, 0.2) is 0 Å². The van der Waals surface area contributed by atoms with Crippen molar-refractivity contribution in [3.05, 3.63) is 47.3 Å². The lowest BCUT2D eigenvalue weighted by Gasteiger charge is -2.45. The van der Waals surface area contributed by atoms with Gasteiger partial charge in [-0.1, -0.05) is 32.2 Å². The predicted molar refractivity (Wildman–Crippen MR) is 136 cm³/mol. The van der Waals surface area contributed by atoms with E-state index in [4.69, 9.17) is 0 Å². The average molecular weight is 497 g/mol. The van der Waals surface area contributed by atoms with Gasteiger partial charge in [0, 0.05) is 48.3 Å². The Morgan fingerprint density at radius 1 is 1.34 bits per heavy atom. The van der Waals surface area contributed by atoms with Crippen molar-refractivity contribution in [2.45, 2.75) is 56.5 Å². The number of aromatic nitrogens is 1. The van der Waals surface area contributed by atoms with Crippen LogP contribution in [0.5, 0.6) is 0 Å². The van der Waals surface area contributed by atoms with Crippen molar-refractivity contribution in [2.24, 2.45) is 5.92 Å². The van der Waals surface area contributed by atoms with Crippen LogP contribution in [0.25, 0.3) is 0 Å². The molecule has 0 aromatic carbocycles. The standard InChI is InChI=1S/C25H32N6O3S/c1-4-19(32)30-11-5-6-15(13-30)28-23(33)22-21-20-18(8-10-27-24(20)35-22)31(25(34)29-21)16-7-9-26-17(12-16)14(2)3/h4,7,9,12,14-15,18,20,24,27H,1,5-6,8,10-11,13H2,2-3H3,(H,28,33)(H,29,34)/t15-,18?,20?,24?/m1/s1. The second kappa shape index (κ2) is 9.66. The number of anilines is 1. The average Bonchev–Trinajstić information content (AvgIpc) is 3.23. The molecule has 4 amide bonds. The summed E-state index contributed by atoms with van der Waals surface area (Å²) < 4.78 is 0. The van der Waals surface area contributed by atoms with E-state index in [1.54, 1.807) is 11.1 Å². The van der Waals surface area contributed by atoms with E-state index >= 15 is 0 Å². The molecule has 1 aromatic rings. The molecule has 5 heterocycles. The summed E-state index contributed by atoms with van der Waals surface area (Å²) in [5.74, 6) is -0.0461. The molecule has 9 nitrogen and oxygen atoms in total. The highest BCUT2D eigenvalue weighted by Crippen LogP contribution is 2.48. The first-order chi connectivity index (χ1) is 16.9. The number of hydrogen-bond acceptors (Lipinski definition) is 6. The molecule has 3 unspecified atom stereocenters. The number of likely N-dealkylation sites (tertiary alicyclic amines) is 1. The molecular formula is C25H32N6O3S. The molecule has 1 aromatic heterocycles. The van der Waals surface area contributed by atoms with E-state index in [0.29, 0.717) is 23.7 Å². The summed E-state index contributed by atoms with van der Waals surface area (Å²) in [6.45, 7) is 9.65. The van der Waals surface area contributed by atoms with Crippen LogP contribution < -0.4 is 20.9 Å². The van der Waals surface area contributed by atoms with E-state index in [1.807, 2.05) is 17.0 Å². The molecule has 10 heteroatoms. The molecule has 5 rings (SSSR count). The lowest BCUT2D eigenvalue weighted by Crippen LogP contribution is -2.62. The largest absolute Gasteiger partial charge is 0.347 e. The van der Waals surface area contributed by atoms with Crippen LogP contribution in [-0.2, 0) is 9.59 Å². The van der Waals surface area contributed by atoms with Gasteiger partial charge in [0.2, 0.25) is 5.91 Å². The Labute approximate surface area is 209 Å². The minimum Gasteiger partial charge on any atom is -0.347 e. The van der Waals surface area contributed by atoms with Gasteiger partial charge in [-0.05, 0) is 49.9 Å². The van der Waals surface area contributed by atoms with E-state index in [0.717, 1.165) is 37.2 Å². The molecular weight excluding hydrogens is 464 g/mol. The third-order valence-electron chi connectivity index (χ3n) is 7.22. The van der Waals surface area contributed by atoms with Crippen molar-refractivity contribution in [3.63, 3.8) is 0 Å². The second-order valence-corrected chi connectivity index (χ2v) is 11.0. The third kappa shape index (κ3) is 4.45. The smallest absolute Gasteiger partial charge is 0.326 e. The van der Waals surface area contributed by atoms with Gasteiger partial charge < -0.3 is 20.9 Å². The summed E-state index contributed by atoms with van der Waals surface area (Å²) in [5.41, 5.74) is 2.49. The van der Waals surface area contributed by atoms with E-state index in [1.165, 1.54) is 17.8 Å². The van der Waals surface area contributed by atoms with Gasteiger partial charge in [0.05, 0.1) is 16.3 Å². The second-order valence-electron chi connectivity index (χ2n) is 9.81. The maximum Gasteiger partial charge on any atom is 0.326 e.